The van der Waals surface area contributed by atoms with E-state index in [9.17, 15) is 14.4 Å². The number of carbonyl (C=O) groups excluding carboxylic acids is 3. The molecule has 0 aromatic carbocycles. The van der Waals surface area contributed by atoms with Gasteiger partial charge in [-0.15, -0.1) is 23.2 Å². The lowest BCUT2D eigenvalue weighted by Gasteiger charge is -2.06. The highest BCUT2D eigenvalue weighted by Gasteiger charge is 2.28. The Morgan fingerprint density at radius 2 is 1.42 bits per heavy atom. The van der Waals surface area contributed by atoms with Crippen LogP contribution in [0.2, 0.25) is 0 Å². The highest BCUT2D eigenvalue weighted by molar-refractivity contribution is 6.37. The first-order valence-corrected chi connectivity index (χ1v) is 4.29. The van der Waals surface area contributed by atoms with E-state index in [0.29, 0.717) is 0 Å². The summed E-state index contributed by atoms with van der Waals surface area (Å²) in [6.45, 7) is 1.17. The molecule has 0 fully saturated rings. The normalized spacial score (nSPS) is 10.0. The Kier molecular flexibility index (Phi) is 5.09. The summed E-state index contributed by atoms with van der Waals surface area (Å²) in [6.07, 6.45) is 0. The molecule has 0 heterocycles. The maximum atomic E-state index is 10.9. The van der Waals surface area contributed by atoms with Crippen LogP contribution in [0.3, 0.4) is 0 Å². The van der Waals surface area contributed by atoms with Crippen molar-refractivity contribution in [3.05, 3.63) is 0 Å². The van der Waals surface area contributed by atoms with Crippen LogP contribution in [-0.4, -0.2) is 29.1 Å². The second-order valence-corrected chi connectivity index (χ2v) is 2.78. The smallest absolute Gasteiger partial charge is 0.165 e. The molecular weight excluding hydrogens is 203 g/mol. The Morgan fingerprint density at radius 1 is 1.08 bits per heavy atom. The monoisotopic (exact) mass is 210 g/mol. The zero-order valence-electron chi connectivity index (χ0n) is 6.47. The van der Waals surface area contributed by atoms with Gasteiger partial charge in [0.2, 0.25) is 0 Å². The summed E-state index contributed by atoms with van der Waals surface area (Å²) in [5.41, 5.74) is 0. The number of carbonyl (C=O) groups is 3. The summed E-state index contributed by atoms with van der Waals surface area (Å²) in [6, 6.07) is 0. The Labute approximate surface area is 80.0 Å². The Balaban J connectivity index is 4.55. The Hall–Kier alpha value is -0.410. The van der Waals surface area contributed by atoms with E-state index in [2.05, 4.69) is 0 Å². The van der Waals surface area contributed by atoms with Gasteiger partial charge in [0.15, 0.2) is 11.6 Å². The molecule has 3 nitrogen and oxygen atoms in total. The van der Waals surface area contributed by atoms with Crippen LogP contribution in [0.4, 0.5) is 0 Å². The Bertz CT molecular complexity index is 197. The predicted octanol–water partition coefficient (Wildman–Crippen LogP) is 0.807. The molecule has 0 bridgehead atoms. The lowest BCUT2D eigenvalue weighted by molar-refractivity contribution is -0.137. The van der Waals surface area contributed by atoms with E-state index >= 15 is 0 Å². The first kappa shape index (κ1) is 11.6. The highest BCUT2D eigenvalue weighted by atomic mass is 35.5. The molecule has 0 amide bonds. The second-order valence-electron chi connectivity index (χ2n) is 2.24. The molecule has 0 aliphatic heterocycles. The molecule has 0 aromatic rings. The second kappa shape index (κ2) is 5.27. The molecule has 5 heteroatoms. The maximum Gasteiger partial charge on any atom is 0.165 e. The van der Waals surface area contributed by atoms with Crippen LogP contribution in [0.1, 0.15) is 6.92 Å². The van der Waals surface area contributed by atoms with E-state index < -0.39 is 23.3 Å². The molecule has 0 atom stereocenters. The average Bonchev–Trinajstić information content (AvgIpc) is 2.03. The lowest BCUT2D eigenvalue weighted by atomic mass is 9.97. The highest BCUT2D eigenvalue weighted by Crippen LogP contribution is 2.05. The van der Waals surface area contributed by atoms with Crippen molar-refractivity contribution in [1.29, 1.82) is 0 Å². The topological polar surface area (TPSA) is 51.2 Å². The minimum absolute atomic E-state index is 0.340. The van der Waals surface area contributed by atoms with Gasteiger partial charge in [-0.25, -0.2) is 0 Å². The molecule has 0 saturated carbocycles. The van der Waals surface area contributed by atoms with Gasteiger partial charge < -0.3 is 0 Å². The fraction of sp³-hybridized carbons (Fsp3) is 0.571. The number of ketones is 3. The first-order valence-electron chi connectivity index (χ1n) is 3.22. The van der Waals surface area contributed by atoms with Crippen LogP contribution >= 0.6 is 23.2 Å². The number of halogens is 2. The van der Waals surface area contributed by atoms with Crippen molar-refractivity contribution in [1.82, 2.24) is 0 Å². The van der Waals surface area contributed by atoms with Gasteiger partial charge in [-0.3, -0.25) is 14.4 Å². The number of hydrogen-bond donors (Lipinski definition) is 0. The average molecular weight is 211 g/mol. The molecule has 0 aliphatic carbocycles. The third kappa shape index (κ3) is 2.91. The molecule has 0 spiro atoms. The minimum Gasteiger partial charge on any atom is -0.299 e. The number of rotatable bonds is 5. The quantitative estimate of drug-likeness (QED) is 0.499. The van der Waals surface area contributed by atoms with Gasteiger partial charge in [-0.2, -0.15) is 0 Å². The SMILES string of the molecule is CC(=O)C(C(=O)CCl)C(=O)CCl. The molecule has 0 aliphatic rings. The van der Waals surface area contributed by atoms with Crippen molar-refractivity contribution in [2.24, 2.45) is 5.92 Å². The predicted molar refractivity (Wildman–Crippen MR) is 45.6 cm³/mol. The van der Waals surface area contributed by atoms with Crippen LogP contribution in [-0.2, 0) is 14.4 Å². The van der Waals surface area contributed by atoms with Crippen molar-refractivity contribution in [2.45, 2.75) is 6.92 Å². The van der Waals surface area contributed by atoms with E-state index in [0.717, 1.165) is 0 Å². The molecule has 12 heavy (non-hydrogen) atoms. The minimum atomic E-state index is -1.26. The van der Waals surface area contributed by atoms with E-state index in [1.807, 2.05) is 0 Å². The van der Waals surface area contributed by atoms with Crippen molar-refractivity contribution < 1.29 is 14.4 Å². The largest absolute Gasteiger partial charge is 0.299 e. The molecular formula is C7H8Cl2O3. The molecule has 68 valence electrons. The molecule has 0 radical (unpaired) electrons. The molecule has 0 saturated heterocycles. The van der Waals surface area contributed by atoms with Gasteiger partial charge in [0, 0.05) is 0 Å². The number of hydrogen-bond acceptors (Lipinski definition) is 3. The van der Waals surface area contributed by atoms with Crippen LogP contribution in [0.5, 0.6) is 0 Å². The van der Waals surface area contributed by atoms with Gasteiger partial charge in [0.25, 0.3) is 0 Å². The van der Waals surface area contributed by atoms with E-state index in [-0.39, 0.29) is 11.8 Å². The van der Waals surface area contributed by atoms with Gasteiger partial charge in [-0.1, -0.05) is 0 Å². The van der Waals surface area contributed by atoms with Gasteiger partial charge in [0.05, 0.1) is 11.8 Å². The fourth-order valence-corrected chi connectivity index (χ4v) is 1.10. The third-order valence-electron chi connectivity index (χ3n) is 1.31. The van der Waals surface area contributed by atoms with Gasteiger partial charge in [-0.05, 0) is 6.92 Å². The summed E-state index contributed by atoms with van der Waals surface area (Å²) < 4.78 is 0. The van der Waals surface area contributed by atoms with Crippen LogP contribution in [0.25, 0.3) is 0 Å². The zero-order valence-corrected chi connectivity index (χ0v) is 7.98. The number of alkyl halides is 2. The summed E-state index contributed by atoms with van der Waals surface area (Å²) in [5.74, 6) is -3.63. The third-order valence-corrected chi connectivity index (χ3v) is 1.84. The van der Waals surface area contributed by atoms with Crippen molar-refractivity contribution >= 4 is 40.6 Å². The molecule has 0 rings (SSSR count). The summed E-state index contributed by atoms with van der Waals surface area (Å²) in [7, 11) is 0. The number of Topliss-reactive ketones (excluding diaryl/α,β-unsaturated/α-hetero) is 3. The summed E-state index contributed by atoms with van der Waals surface area (Å²) in [4.78, 5) is 32.6. The summed E-state index contributed by atoms with van der Waals surface area (Å²) in [5, 5.41) is 0. The van der Waals surface area contributed by atoms with Gasteiger partial charge >= 0.3 is 0 Å². The first-order chi connectivity index (χ1) is 5.54. The maximum absolute atomic E-state index is 10.9. The van der Waals surface area contributed by atoms with E-state index in [1.165, 1.54) is 6.92 Å². The molecule has 0 aromatic heterocycles. The van der Waals surface area contributed by atoms with E-state index in [1.54, 1.807) is 0 Å². The summed E-state index contributed by atoms with van der Waals surface area (Å²) >= 11 is 10.4. The van der Waals surface area contributed by atoms with Crippen LogP contribution in [0, 0.1) is 5.92 Å². The van der Waals surface area contributed by atoms with Crippen LogP contribution < -0.4 is 0 Å². The Morgan fingerprint density at radius 3 is 1.58 bits per heavy atom. The van der Waals surface area contributed by atoms with Crippen molar-refractivity contribution in [3.63, 3.8) is 0 Å². The van der Waals surface area contributed by atoms with E-state index in [4.69, 9.17) is 23.2 Å². The fourth-order valence-electron chi connectivity index (χ4n) is 0.787. The zero-order chi connectivity index (χ0) is 9.72. The molecule has 0 N–H and O–H groups in total. The lowest BCUT2D eigenvalue weighted by Crippen LogP contribution is -2.32. The van der Waals surface area contributed by atoms with Crippen LogP contribution in [0.15, 0.2) is 0 Å². The molecule has 0 unspecified atom stereocenters. The standard InChI is InChI=1S/C7H8Cl2O3/c1-4(10)7(5(11)2-8)6(12)3-9/h7H,2-3H2,1H3. The van der Waals surface area contributed by atoms with Gasteiger partial charge in [0.1, 0.15) is 11.7 Å². The van der Waals surface area contributed by atoms with Crippen molar-refractivity contribution in [2.75, 3.05) is 11.8 Å². The van der Waals surface area contributed by atoms with Crippen molar-refractivity contribution in [3.8, 4) is 0 Å².